The molecule has 142 valence electrons. The van der Waals surface area contributed by atoms with Crippen LogP contribution >= 0.6 is 36.9 Å². The van der Waals surface area contributed by atoms with Gasteiger partial charge in [0.25, 0.3) is 0 Å². The second kappa shape index (κ2) is 12.8. The Morgan fingerprint density at radius 3 is 1.64 bits per heavy atom. The van der Waals surface area contributed by atoms with E-state index in [0.29, 0.717) is 16.1 Å². The molecule has 3 aromatic rings. The molecule has 0 atom stereocenters. The molecule has 0 amide bonds. The molecule has 3 rings (SSSR count). The number of aryl methyl sites for hydroxylation is 1. The first-order valence-electron chi connectivity index (χ1n) is 8.08. The van der Waals surface area contributed by atoms with Crippen molar-refractivity contribution in [1.29, 1.82) is 5.26 Å². The smallest absolute Gasteiger partial charge is 0.216 e. The Morgan fingerprint density at radius 2 is 1.25 bits per heavy atom. The summed E-state index contributed by atoms with van der Waals surface area (Å²) in [5.74, 6) is 0. The number of halogens is 1. The number of hydrogen-bond donors (Lipinski definition) is 2. The van der Waals surface area contributed by atoms with Crippen LogP contribution in [-0.4, -0.2) is 10.2 Å². The zero-order valence-electron chi connectivity index (χ0n) is 15.0. The molecule has 0 N–H and O–H groups in total. The van der Waals surface area contributed by atoms with Gasteiger partial charge < -0.3 is 0 Å². The summed E-state index contributed by atoms with van der Waals surface area (Å²) in [6.07, 6.45) is 0. The van der Waals surface area contributed by atoms with Gasteiger partial charge in [0, 0.05) is 16.1 Å². The Kier molecular flexibility index (Phi) is 10.7. The highest BCUT2D eigenvalue weighted by atomic mass is 35.5. The van der Waals surface area contributed by atoms with Crippen LogP contribution < -0.4 is 0 Å². The molecule has 0 saturated heterocycles. The average Bonchev–Trinajstić information content (AvgIpc) is 2.70. The van der Waals surface area contributed by atoms with Crippen molar-refractivity contribution < 1.29 is 9.59 Å². The van der Waals surface area contributed by atoms with Crippen LogP contribution in [0.3, 0.4) is 0 Å². The monoisotopic (exact) mass is 427 g/mol. The first-order chi connectivity index (χ1) is 13.3. The van der Waals surface area contributed by atoms with E-state index in [4.69, 9.17) is 16.9 Å². The van der Waals surface area contributed by atoms with Gasteiger partial charge in [-0.15, -0.1) is 25.3 Å². The summed E-state index contributed by atoms with van der Waals surface area (Å²) >= 11 is 12.9. The summed E-state index contributed by atoms with van der Waals surface area (Å²) in [5.41, 5.74) is 3.01. The van der Waals surface area contributed by atoms with Crippen LogP contribution in [0.5, 0.6) is 0 Å². The molecule has 0 aliphatic rings. The van der Waals surface area contributed by atoms with Crippen molar-refractivity contribution in [3.63, 3.8) is 0 Å². The van der Waals surface area contributed by atoms with Crippen molar-refractivity contribution in [3.8, 4) is 6.07 Å². The summed E-state index contributed by atoms with van der Waals surface area (Å²) < 4.78 is 0. The Balaban J connectivity index is 0.000000210. The van der Waals surface area contributed by atoms with E-state index in [1.807, 2.05) is 49.4 Å². The SMILES string of the molecule is Cc1ccccc1C#N.O=C(S)c1ccc(Cl)cc1.O=C(S)c1ccccc1. The fourth-order valence-corrected chi connectivity index (χ4v) is 2.30. The number of benzene rings is 3. The van der Waals surface area contributed by atoms with Crippen molar-refractivity contribution in [1.82, 2.24) is 0 Å². The van der Waals surface area contributed by atoms with E-state index in [0.717, 1.165) is 11.1 Å². The number of rotatable bonds is 2. The quantitative estimate of drug-likeness (QED) is 0.490. The lowest BCUT2D eigenvalue weighted by molar-refractivity contribution is 0.108. The van der Waals surface area contributed by atoms with E-state index >= 15 is 0 Å². The van der Waals surface area contributed by atoms with Crippen molar-refractivity contribution >= 4 is 47.1 Å². The maximum atomic E-state index is 10.6. The number of nitriles is 1. The lowest BCUT2D eigenvalue weighted by Gasteiger charge is -1.91. The molecule has 28 heavy (non-hydrogen) atoms. The van der Waals surface area contributed by atoms with Gasteiger partial charge in [0.15, 0.2) is 0 Å². The topological polar surface area (TPSA) is 57.9 Å². The van der Waals surface area contributed by atoms with Gasteiger partial charge in [0.05, 0.1) is 11.6 Å². The van der Waals surface area contributed by atoms with Crippen molar-refractivity contribution in [2.75, 3.05) is 0 Å². The third-order valence-corrected chi connectivity index (χ3v) is 4.15. The van der Waals surface area contributed by atoms with Gasteiger partial charge in [0.2, 0.25) is 10.2 Å². The highest BCUT2D eigenvalue weighted by Gasteiger charge is 1.97. The van der Waals surface area contributed by atoms with E-state index in [-0.39, 0.29) is 10.2 Å². The van der Waals surface area contributed by atoms with E-state index in [2.05, 4.69) is 31.3 Å². The molecule has 0 aliphatic heterocycles. The van der Waals surface area contributed by atoms with Gasteiger partial charge in [-0.2, -0.15) is 5.26 Å². The zero-order valence-corrected chi connectivity index (χ0v) is 17.6. The zero-order chi connectivity index (χ0) is 20.9. The van der Waals surface area contributed by atoms with Crippen molar-refractivity contribution in [3.05, 3.63) is 106 Å². The van der Waals surface area contributed by atoms with E-state index < -0.39 is 0 Å². The van der Waals surface area contributed by atoms with E-state index in [1.165, 1.54) is 0 Å². The second-order valence-corrected chi connectivity index (χ2v) is 6.66. The lowest BCUT2D eigenvalue weighted by atomic mass is 10.1. The van der Waals surface area contributed by atoms with Crippen LogP contribution in [0.1, 0.15) is 31.8 Å². The van der Waals surface area contributed by atoms with Gasteiger partial charge in [0.1, 0.15) is 0 Å². The number of hydrogen-bond acceptors (Lipinski definition) is 3. The van der Waals surface area contributed by atoms with Crippen LogP contribution in [0.25, 0.3) is 0 Å². The molecule has 0 unspecified atom stereocenters. The second-order valence-electron chi connectivity index (χ2n) is 5.41. The molecule has 0 aromatic heterocycles. The molecule has 3 nitrogen and oxygen atoms in total. The molecule has 0 saturated carbocycles. The Bertz CT molecular complexity index is 952. The molecular formula is C22H18ClNO2S2. The molecule has 0 bridgehead atoms. The molecule has 6 heteroatoms. The van der Waals surface area contributed by atoms with Gasteiger partial charge in [-0.05, 0) is 42.8 Å². The van der Waals surface area contributed by atoms with Gasteiger partial charge >= 0.3 is 0 Å². The molecule has 0 spiro atoms. The van der Waals surface area contributed by atoms with Crippen molar-refractivity contribution in [2.24, 2.45) is 0 Å². The van der Waals surface area contributed by atoms with Gasteiger partial charge in [-0.25, -0.2) is 0 Å². The first kappa shape index (κ1) is 23.5. The third-order valence-electron chi connectivity index (χ3n) is 3.38. The largest absolute Gasteiger partial charge is 0.282 e. The fraction of sp³-hybridized carbons (Fsp3) is 0.0455. The standard InChI is InChI=1S/C8H7N.C7H5ClOS.C7H6OS/c1-7-4-2-3-5-8(7)6-9;8-6-3-1-5(2-4-6)7(9)10;8-7(9)6-4-2-1-3-5-6/h2-5H,1H3;1-4H,(H,9,10);1-5H,(H,8,9). The Morgan fingerprint density at radius 1 is 0.786 bits per heavy atom. The summed E-state index contributed by atoms with van der Waals surface area (Å²) in [4.78, 5) is 21.1. The van der Waals surface area contributed by atoms with Crippen LogP contribution in [0, 0.1) is 18.3 Å². The third kappa shape index (κ3) is 8.92. The molecule has 3 aromatic carbocycles. The van der Waals surface area contributed by atoms with Crippen LogP contribution in [0.2, 0.25) is 5.02 Å². The summed E-state index contributed by atoms with van der Waals surface area (Å²) in [6, 6.07) is 25.2. The number of carbonyl (C=O) groups is 2. The predicted octanol–water partition coefficient (Wildman–Crippen LogP) is 6.03. The number of nitrogens with zero attached hydrogens (tertiary/aromatic N) is 1. The molecule has 0 fully saturated rings. The number of carbonyl (C=O) groups excluding carboxylic acids is 2. The minimum Gasteiger partial charge on any atom is -0.282 e. The number of thiol groups is 2. The summed E-state index contributed by atoms with van der Waals surface area (Å²) in [7, 11) is 0. The normalized spacial score (nSPS) is 8.96. The minimum absolute atomic E-state index is 0.185. The fourth-order valence-electron chi connectivity index (χ4n) is 1.87. The average molecular weight is 428 g/mol. The molecule has 0 aliphatic carbocycles. The lowest BCUT2D eigenvalue weighted by Crippen LogP contribution is -1.85. The Hall–Kier alpha value is -2.52. The maximum absolute atomic E-state index is 10.6. The summed E-state index contributed by atoms with van der Waals surface area (Å²) in [5, 5.41) is 8.67. The highest BCUT2D eigenvalue weighted by molar-refractivity contribution is 7.97. The Labute approximate surface area is 180 Å². The molecular weight excluding hydrogens is 410 g/mol. The molecule has 0 heterocycles. The van der Waals surface area contributed by atoms with Crippen LogP contribution in [0.15, 0.2) is 78.9 Å². The van der Waals surface area contributed by atoms with Crippen LogP contribution in [-0.2, 0) is 0 Å². The van der Waals surface area contributed by atoms with Crippen LogP contribution in [0.4, 0.5) is 0 Å². The highest BCUT2D eigenvalue weighted by Crippen LogP contribution is 2.10. The first-order valence-corrected chi connectivity index (χ1v) is 9.35. The van der Waals surface area contributed by atoms with Gasteiger partial charge in [-0.3, -0.25) is 9.59 Å². The van der Waals surface area contributed by atoms with Crippen molar-refractivity contribution in [2.45, 2.75) is 6.92 Å². The van der Waals surface area contributed by atoms with Gasteiger partial charge in [-0.1, -0.05) is 60.1 Å². The van der Waals surface area contributed by atoms with E-state index in [9.17, 15) is 9.59 Å². The minimum atomic E-state index is -0.239. The predicted molar refractivity (Wildman–Crippen MR) is 120 cm³/mol. The molecule has 0 radical (unpaired) electrons. The maximum Gasteiger partial charge on any atom is 0.216 e. The van der Waals surface area contributed by atoms with E-state index in [1.54, 1.807) is 36.4 Å². The summed E-state index contributed by atoms with van der Waals surface area (Å²) in [6.45, 7) is 1.93.